The van der Waals surface area contributed by atoms with Crippen LogP contribution in [0.5, 0.6) is 0 Å². The molecule has 1 aliphatic rings. The zero-order valence-electron chi connectivity index (χ0n) is 14.7. The lowest BCUT2D eigenvalue weighted by molar-refractivity contribution is 0.0606. The van der Waals surface area contributed by atoms with E-state index in [-0.39, 0.29) is 11.8 Å². The van der Waals surface area contributed by atoms with Gasteiger partial charge in [-0.3, -0.25) is 9.59 Å². The normalized spacial score (nSPS) is 13.5. The standard InChI is InChI=1S/C19H20N2O4S/c1-12-13(18(23)21-10-3-4-11-21)6-5-7-14(12)20-17(22)15-8-9-16(26-15)19(24)25-2/h5-9H,3-4,10-11H2,1-2H3,(H,20,22). The van der Waals surface area contributed by atoms with Gasteiger partial charge < -0.3 is 15.0 Å². The van der Waals surface area contributed by atoms with Gasteiger partial charge in [0.2, 0.25) is 0 Å². The molecule has 1 saturated heterocycles. The smallest absolute Gasteiger partial charge is 0.348 e. The lowest BCUT2D eigenvalue weighted by Crippen LogP contribution is -2.28. The molecule has 1 fully saturated rings. The number of hydrogen-bond acceptors (Lipinski definition) is 5. The van der Waals surface area contributed by atoms with Crippen LogP contribution in [0.3, 0.4) is 0 Å². The predicted octanol–water partition coefficient (Wildman–Crippen LogP) is 3.33. The van der Waals surface area contributed by atoms with E-state index in [0.717, 1.165) is 42.8 Å². The van der Waals surface area contributed by atoms with E-state index in [2.05, 4.69) is 10.1 Å². The van der Waals surface area contributed by atoms with E-state index >= 15 is 0 Å². The number of carbonyl (C=O) groups excluding carboxylic acids is 3. The lowest BCUT2D eigenvalue weighted by Gasteiger charge is -2.18. The number of nitrogens with zero attached hydrogens (tertiary/aromatic N) is 1. The van der Waals surface area contributed by atoms with Gasteiger partial charge in [0.1, 0.15) is 4.88 Å². The molecular weight excluding hydrogens is 352 g/mol. The Bertz CT molecular complexity index is 853. The van der Waals surface area contributed by atoms with Crippen LogP contribution in [0.2, 0.25) is 0 Å². The van der Waals surface area contributed by atoms with Gasteiger partial charge in [0, 0.05) is 24.3 Å². The maximum Gasteiger partial charge on any atom is 0.348 e. The predicted molar refractivity (Wildman–Crippen MR) is 99.9 cm³/mol. The first-order valence-corrected chi connectivity index (χ1v) is 9.21. The SMILES string of the molecule is COC(=O)c1ccc(C(=O)Nc2cccc(C(=O)N3CCCC3)c2C)s1. The Kier molecular flexibility index (Phi) is 5.37. The second kappa shape index (κ2) is 7.70. The van der Waals surface area contributed by atoms with Crippen molar-refractivity contribution >= 4 is 34.8 Å². The number of rotatable bonds is 4. The second-order valence-electron chi connectivity index (χ2n) is 6.09. The number of likely N-dealkylation sites (tertiary alicyclic amines) is 1. The summed E-state index contributed by atoms with van der Waals surface area (Å²) in [5.74, 6) is -0.789. The van der Waals surface area contributed by atoms with Crippen molar-refractivity contribution in [1.82, 2.24) is 4.90 Å². The molecule has 136 valence electrons. The van der Waals surface area contributed by atoms with Crippen molar-refractivity contribution in [3.63, 3.8) is 0 Å². The van der Waals surface area contributed by atoms with Crippen molar-refractivity contribution in [1.29, 1.82) is 0 Å². The number of benzene rings is 1. The molecule has 2 amide bonds. The number of ether oxygens (including phenoxy) is 1. The van der Waals surface area contributed by atoms with Crippen LogP contribution in [-0.2, 0) is 4.74 Å². The van der Waals surface area contributed by atoms with E-state index in [9.17, 15) is 14.4 Å². The van der Waals surface area contributed by atoms with Crippen LogP contribution in [0.25, 0.3) is 0 Å². The third kappa shape index (κ3) is 3.62. The number of amides is 2. The maximum absolute atomic E-state index is 12.7. The van der Waals surface area contributed by atoms with E-state index in [1.165, 1.54) is 7.11 Å². The zero-order valence-corrected chi connectivity index (χ0v) is 15.5. The fraction of sp³-hybridized carbons (Fsp3) is 0.316. The molecular formula is C19H20N2O4S. The summed E-state index contributed by atoms with van der Waals surface area (Å²) in [5, 5.41) is 2.83. The minimum Gasteiger partial charge on any atom is -0.465 e. The van der Waals surface area contributed by atoms with Crippen LogP contribution in [0.1, 0.15) is 48.1 Å². The minimum atomic E-state index is -0.469. The van der Waals surface area contributed by atoms with Crippen LogP contribution in [-0.4, -0.2) is 42.9 Å². The van der Waals surface area contributed by atoms with Gasteiger partial charge >= 0.3 is 5.97 Å². The van der Waals surface area contributed by atoms with Gasteiger partial charge in [-0.2, -0.15) is 0 Å². The highest BCUT2D eigenvalue weighted by Gasteiger charge is 2.22. The second-order valence-corrected chi connectivity index (χ2v) is 7.17. The summed E-state index contributed by atoms with van der Waals surface area (Å²) in [7, 11) is 1.30. The molecule has 1 aliphatic heterocycles. The van der Waals surface area contributed by atoms with Crippen LogP contribution >= 0.6 is 11.3 Å². The van der Waals surface area contributed by atoms with E-state index in [1.807, 2.05) is 11.8 Å². The molecule has 7 heteroatoms. The van der Waals surface area contributed by atoms with Crippen LogP contribution < -0.4 is 5.32 Å². The Morgan fingerprint density at radius 2 is 1.77 bits per heavy atom. The molecule has 0 unspecified atom stereocenters. The molecule has 1 aromatic heterocycles. The van der Waals surface area contributed by atoms with Crippen molar-refractivity contribution < 1.29 is 19.1 Å². The largest absolute Gasteiger partial charge is 0.465 e. The topological polar surface area (TPSA) is 75.7 Å². The summed E-state index contributed by atoms with van der Waals surface area (Å²) < 4.78 is 4.66. The Morgan fingerprint density at radius 3 is 2.46 bits per heavy atom. The number of hydrogen-bond donors (Lipinski definition) is 1. The first-order chi connectivity index (χ1) is 12.5. The molecule has 2 heterocycles. The molecule has 2 aromatic rings. The highest BCUT2D eigenvalue weighted by molar-refractivity contribution is 7.16. The van der Waals surface area contributed by atoms with E-state index < -0.39 is 5.97 Å². The molecule has 0 spiro atoms. The van der Waals surface area contributed by atoms with Gasteiger partial charge in [0.05, 0.1) is 12.0 Å². The fourth-order valence-electron chi connectivity index (χ4n) is 2.95. The molecule has 0 aliphatic carbocycles. The summed E-state index contributed by atoms with van der Waals surface area (Å²) in [4.78, 5) is 39.3. The third-order valence-corrected chi connectivity index (χ3v) is 5.49. The summed E-state index contributed by atoms with van der Waals surface area (Å²) in [5.41, 5.74) is 1.93. The number of thiophene rings is 1. The van der Waals surface area contributed by atoms with Gasteiger partial charge in [0.15, 0.2) is 0 Å². The van der Waals surface area contributed by atoms with Crippen LogP contribution in [0.15, 0.2) is 30.3 Å². The van der Waals surface area contributed by atoms with Crippen LogP contribution in [0.4, 0.5) is 5.69 Å². The monoisotopic (exact) mass is 372 g/mol. The van der Waals surface area contributed by atoms with Crippen molar-refractivity contribution in [2.75, 3.05) is 25.5 Å². The van der Waals surface area contributed by atoms with Crippen molar-refractivity contribution in [2.24, 2.45) is 0 Å². The minimum absolute atomic E-state index is 0.000185. The molecule has 26 heavy (non-hydrogen) atoms. The third-order valence-electron chi connectivity index (χ3n) is 4.42. The fourth-order valence-corrected chi connectivity index (χ4v) is 3.77. The van der Waals surface area contributed by atoms with E-state index in [4.69, 9.17) is 0 Å². The summed E-state index contributed by atoms with van der Waals surface area (Å²) in [6, 6.07) is 8.46. The summed E-state index contributed by atoms with van der Waals surface area (Å²) >= 11 is 1.07. The highest BCUT2D eigenvalue weighted by Crippen LogP contribution is 2.24. The van der Waals surface area contributed by atoms with E-state index in [1.54, 1.807) is 30.3 Å². The zero-order chi connectivity index (χ0) is 18.7. The highest BCUT2D eigenvalue weighted by atomic mass is 32.1. The molecule has 0 bridgehead atoms. The Balaban J connectivity index is 1.78. The quantitative estimate of drug-likeness (QED) is 0.836. The van der Waals surface area contributed by atoms with Gasteiger partial charge in [-0.15, -0.1) is 11.3 Å². The maximum atomic E-state index is 12.7. The molecule has 1 aromatic carbocycles. The molecule has 0 radical (unpaired) electrons. The molecule has 6 nitrogen and oxygen atoms in total. The van der Waals surface area contributed by atoms with Crippen molar-refractivity contribution in [3.8, 4) is 0 Å². The van der Waals surface area contributed by atoms with Gasteiger partial charge in [-0.05, 0) is 49.6 Å². The molecule has 1 N–H and O–H groups in total. The number of esters is 1. The average Bonchev–Trinajstić information content (AvgIpc) is 3.34. The lowest BCUT2D eigenvalue weighted by atomic mass is 10.1. The van der Waals surface area contributed by atoms with E-state index in [0.29, 0.717) is 21.0 Å². The molecule has 0 atom stereocenters. The number of carbonyl (C=O) groups is 3. The van der Waals surface area contributed by atoms with Crippen LogP contribution in [0, 0.1) is 6.92 Å². The van der Waals surface area contributed by atoms with Gasteiger partial charge in [0.25, 0.3) is 11.8 Å². The Morgan fingerprint density at radius 1 is 1.08 bits per heavy atom. The average molecular weight is 372 g/mol. The first kappa shape index (κ1) is 18.1. The van der Waals surface area contributed by atoms with Crippen molar-refractivity contribution in [2.45, 2.75) is 19.8 Å². The summed E-state index contributed by atoms with van der Waals surface area (Å²) in [6.45, 7) is 3.38. The molecule has 0 saturated carbocycles. The number of anilines is 1. The Hall–Kier alpha value is -2.67. The first-order valence-electron chi connectivity index (χ1n) is 8.39. The summed E-state index contributed by atoms with van der Waals surface area (Å²) in [6.07, 6.45) is 2.06. The molecule has 3 rings (SSSR count). The Labute approximate surface area is 155 Å². The van der Waals surface area contributed by atoms with Gasteiger partial charge in [-0.25, -0.2) is 4.79 Å². The number of methoxy groups -OCH3 is 1. The van der Waals surface area contributed by atoms with Gasteiger partial charge in [-0.1, -0.05) is 6.07 Å². The number of nitrogens with one attached hydrogen (secondary N) is 1. The van der Waals surface area contributed by atoms with Crippen molar-refractivity contribution in [3.05, 3.63) is 51.2 Å².